The van der Waals surface area contributed by atoms with Gasteiger partial charge in [0.15, 0.2) is 0 Å². The molecule has 3 N–H and O–H groups in total. The lowest BCUT2D eigenvalue weighted by Crippen LogP contribution is -2.27. The maximum atomic E-state index is 11.2. The van der Waals surface area contributed by atoms with E-state index in [9.17, 15) is 9.36 Å². The van der Waals surface area contributed by atoms with Crippen LogP contribution in [0.1, 0.15) is 5.56 Å². The second kappa shape index (κ2) is 7.13. The second-order valence-corrected chi connectivity index (χ2v) is 4.55. The summed E-state index contributed by atoms with van der Waals surface area (Å²) in [5.41, 5.74) is 0.846. The number of carbonyl (C=O) groups excluding carboxylic acids is 1. The van der Waals surface area contributed by atoms with Crippen LogP contribution in [0, 0.1) is 0 Å². The summed E-state index contributed by atoms with van der Waals surface area (Å²) < 4.78 is 19.3. The molecular formula is C10H14NO6P. The van der Waals surface area contributed by atoms with Gasteiger partial charge in [-0.2, -0.15) is 0 Å². The molecule has 0 unspecified atom stereocenters. The Morgan fingerprint density at radius 3 is 2.56 bits per heavy atom. The van der Waals surface area contributed by atoms with Crippen molar-refractivity contribution < 1.29 is 28.4 Å². The van der Waals surface area contributed by atoms with Crippen LogP contribution in [0.4, 0.5) is 4.79 Å². The number of carbonyl (C=O) groups is 1. The fourth-order valence-corrected chi connectivity index (χ4v) is 1.42. The van der Waals surface area contributed by atoms with Crippen molar-refractivity contribution in [3.05, 3.63) is 35.9 Å². The standard InChI is InChI=1S/C10H14NO6P/c12-10(11-6-7-17-18(13,14)15)16-8-9-4-2-1-3-5-9/h1-5H,6-8H2,(H,11,12)(H2,13,14,15). The van der Waals surface area contributed by atoms with E-state index in [4.69, 9.17) is 14.5 Å². The zero-order chi connectivity index (χ0) is 13.4. The molecule has 0 aliphatic heterocycles. The van der Waals surface area contributed by atoms with Crippen LogP contribution in [-0.4, -0.2) is 29.0 Å². The summed E-state index contributed by atoms with van der Waals surface area (Å²) in [6, 6.07) is 9.12. The molecule has 1 aromatic carbocycles. The van der Waals surface area contributed by atoms with Gasteiger partial charge in [0.05, 0.1) is 6.61 Å². The average molecular weight is 275 g/mol. The molecule has 0 heterocycles. The molecule has 7 nitrogen and oxygen atoms in total. The predicted octanol–water partition coefficient (Wildman–Crippen LogP) is 1.02. The Labute approximate surface area is 104 Å². The first-order valence-corrected chi connectivity index (χ1v) is 6.65. The number of phosphoric acid groups is 1. The summed E-state index contributed by atoms with van der Waals surface area (Å²) in [7, 11) is -4.48. The highest BCUT2D eigenvalue weighted by Crippen LogP contribution is 2.34. The van der Waals surface area contributed by atoms with Crippen molar-refractivity contribution in [3.63, 3.8) is 0 Å². The molecule has 0 aliphatic rings. The largest absolute Gasteiger partial charge is 0.469 e. The number of phosphoric ester groups is 1. The predicted molar refractivity (Wildman–Crippen MR) is 62.6 cm³/mol. The van der Waals surface area contributed by atoms with Gasteiger partial charge in [0.1, 0.15) is 6.61 Å². The molecule has 0 saturated heterocycles. The zero-order valence-electron chi connectivity index (χ0n) is 9.48. The summed E-state index contributed by atoms with van der Waals surface area (Å²) in [4.78, 5) is 27.9. The van der Waals surface area contributed by atoms with Crippen LogP contribution in [0.25, 0.3) is 0 Å². The van der Waals surface area contributed by atoms with Crippen LogP contribution >= 0.6 is 7.82 Å². The molecule has 0 atom stereocenters. The maximum absolute atomic E-state index is 11.2. The molecular weight excluding hydrogens is 261 g/mol. The summed E-state index contributed by atoms with van der Waals surface area (Å²) >= 11 is 0. The van der Waals surface area contributed by atoms with E-state index < -0.39 is 13.9 Å². The van der Waals surface area contributed by atoms with E-state index in [1.807, 2.05) is 30.3 Å². The minimum Gasteiger partial charge on any atom is -0.445 e. The third kappa shape index (κ3) is 7.03. The molecule has 100 valence electrons. The van der Waals surface area contributed by atoms with E-state index in [2.05, 4.69) is 9.84 Å². The van der Waals surface area contributed by atoms with Gasteiger partial charge in [0.2, 0.25) is 0 Å². The monoisotopic (exact) mass is 275 g/mol. The summed E-state index contributed by atoms with van der Waals surface area (Å²) in [6.07, 6.45) is -0.673. The molecule has 0 fully saturated rings. The Balaban J connectivity index is 2.13. The Kier molecular flexibility index (Phi) is 5.80. The van der Waals surface area contributed by atoms with Gasteiger partial charge in [0.25, 0.3) is 0 Å². The number of benzene rings is 1. The number of rotatable bonds is 6. The third-order valence-corrected chi connectivity index (χ3v) is 2.36. The van der Waals surface area contributed by atoms with E-state index in [-0.39, 0.29) is 19.8 Å². The summed E-state index contributed by atoms with van der Waals surface area (Å²) in [5.74, 6) is 0. The lowest BCUT2D eigenvalue weighted by Gasteiger charge is -2.08. The third-order valence-electron chi connectivity index (χ3n) is 1.84. The number of hydrogen-bond donors (Lipinski definition) is 3. The molecule has 1 aromatic rings. The molecule has 0 radical (unpaired) electrons. The number of nitrogens with one attached hydrogen (secondary N) is 1. The summed E-state index contributed by atoms with van der Waals surface area (Å²) in [6.45, 7) is -0.199. The normalized spacial score (nSPS) is 11.0. The molecule has 0 spiro atoms. The van der Waals surface area contributed by atoms with Gasteiger partial charge in [-0.1, -0.05) is 30.3 Å². The molecule has 18 heavy (non-hydrogen) atoms. The molecule has 0 bridgehead atoms. The zero-order valence-corrected chi connectivity index (χ0v) is 10.4. The smallest absolute Gasteiger partial charge is 0.445 e. The van der Waals surface area contributed by atoms with Crippen molar-refractivity contribution in [2.75, 3.05) is 13.2 Å². The second-order valence-electron chi connectivity index (χ2n) is 3.31. The quantitative estimate of drug-likeness (QED) is 0.529. The van der Waals surface area contributed by atoms with Crippen LogP contribution in [0.2, 0.25) is 0 Å². The van der Waals surface area contributed by atoms with E-state index in [0.29, 0.717) is 0 Å². The van der Waals surface area contributed by atoms with Crippen molar-refractivity contribution in [3.8, 4) is 0 Å². The number of hydrogen-bond acceptors (Lipinski definition) is 4. The Bertz CT molecular complexity index is 418. The maximum Gasteiger partial charge on any atom is 0.469 e. The van der Waals surface area contributed by atoms with Crippen molar-refractivity contribution in [2.24, 2.45) is 0 Å². The first kappa shape index (κ1) is 14.7. The lowest BCUT2D eigenvalue weighted by atomic mass is 10.2. The van der Waals surface area contributed by atoms with Crippen molar-refractivity contribution in [1.82, 2.24) is 5.32 Å². The highest BCUT2D eigenvalue weighted by molar-refractivity contribution is 7.46. The molecule has 0 aliphatic carbocycles. The van der Waals surface area contributed by atoms with Crippen LogP contribution in [0.15, 0.2) is 30.3 Å². The molecule has 0 saturated carbocycles. The molecule has 1 amide bonds. The SMILES string of the molecule is O=C(NCCOP(=O)(O)O)OCc1ccccc1. The van der Waals surface area contributed by atoms with Crippen LogP contribution in [0.3, 0.4) is 0 Å². The van der Waals surface area contributed by atoms with Gasteiger partial charge in [-0.05, 0) is 5.56 Å². The van der Waals surface area contributed by atoms with Crippen LogP contribution < -0.4 is 5.32 Å². The van der Waals surface area contributed by atoms with Crippen molar-refractivity contribution in [1.29, 1.82) is 0 Å². The van der Waals surface area contributed by atoms with Gasteiger partial charge in [-0.15, -0.1) is 0 Å². The van der Waals surface area contributed by atoms with E-state index >= 15 is 0 Å². The van der Waals surface area contributed by atoms with Crippen LogP contribution in [0.5, 0.6) is 0 Å². The fraction of sp³-hybridized carbons (Fsp3) is 0.300. The highest BCUT2D eigenvalue weighted by Gasteiger charge is 2.13. The first-order chi connectivity index (χ1) is 8.47. The molecule has 8 heteroatoms. The van der Waals surface area contributed by atoms with Gasteiger partial charge >= 0.3 is 13.9 Å². The highest BCUT2D eigenvalue weighted by atomic mass is 31.2. The van der Waals surface area contributed by atoms with E-state index in [1.54, 1.807) is 0 Å². The minimum absolute atomic E-state index is 0.0429. The Hall–Kier alpha value is -1.40. The molecule has 1 rings (SSSR count). The Morgan fingerprint density at radius 2 is 1.94 bits per heavy atom. The van der Waals surface area contributed by atoms with Crippen LogP contribution in [-0.2, 0) is 20.4 Å². The van der Waals surface area contributed by atoms with E-state index in [0.717, 1.165) is 5.56 Å². The average Bonchev–Trinajstić information content (AvgIpc) is 2.32. The number of amides is 1. The van der Waals surface area contributed by atoms with Gasteiger partial charge in [-0.25, -0.2) is 9.36 Å². The topological polar surface area (TPSA) is 105 Å². The summed E-state index contributed by atoms with van der Waals surface area (Å²) in [5, 5.41) is 2.30. The Morgan fingerprint density at radius 1 is 1.28 bits per heavy atom. The van der Waals surface area contributed by atoms with Crippen molar-refractivity contribution >= 4 is 13.9 Å². The number of ether oxygens (including phenoxy) is 1. The van der Waals surface area contributed by atoms with E-state index in [1.165, 1.54) is 0 Å². The number of alkyl carbamates (subject to hydrolysis) is 1. The fourth-order valence-electron chi connectivity index (χ4n) is 1.09. The van der Waals surface area contributed by atoms with Gasteiger partial charge in [0, 0.05) is 6.54 Å². The lowest BCUT2D eigenvalue weighted by molar-refractivity contribution is 0.135. The first-order valence-electron chi connectivity index (χ1n) is 5.12. The minimum atomic E-state index is -4.48. The van der Waals surface area contributed by atoms with Gasteiger partial charge < -0.3 is 19.8 Å². The van der Waals surface area contributed by atoms with Crippen molar-refractivity contribution in [2.45, 2.75) is 6.61 Å². The van der Waals surface area contributed by atoms with Gasteiger partial charge in [-0.3, -0.25) is 4.52 Å². The molecule has 0 aromatic heterocycles.